The highest BCUT2D eigenvalue weighted by atomic mass is 28.4. The normalized spacial score (nSPS) is 18.5. The van der Waals surface area contributed by atoms with Crippen molar-refractivity contribution in [3.05, 3.63) is 0 Å². The van der Waals surface area contributed by atoms with Gasteiger partial charge in [-0.05, 0) is 66.8 Å². The second-order valence-electron chi connectivity index (χ2n) is 9.41. The van der Waals surface area contributed by atoms with Crippen LogP contribution in [0.1, 0.15) is 98.8 Å². The fraction of sp³-hybridized carbons (Fsp3) is 1.00. The largest absolute Gasteiger partial charge is 0.515 e. The Labute approximate surface area is 213 Å². The monoisotopic (exact) mass is 520 g/mol. The van der Waals surface area contributed by atoms with Crippen molar-refractivity contribution in [3.63, 3.8) is 0 Å². The average Bonchev–Trinajstić information content (AvgIpc) is 2.84. The molecule has 204 valence electrons. The van der Waals surface area contributed by atoms with Gasteiger partial charge in [0.25, 0.3) is 0 Å². The third kappa shape index (κ3) is 13.5. The first-order valence-electron chi connectivity index (χ1n) is 14.1. The predicted octanol–water partition coefficient (Wildman–Crippen LogP) is 5.09. The lowest BCUT2D eigenvalue weighted by Gasteiger charge is -2.31. The van der Waals surface area contributed by atoms with Gasteiger partial charge in [-0.3, -0.25) is 0 Å². The maximum absolute atomic E-state index is 5.83. The quantitative estimate of drug-likeness (QED) is 0.275. The molecule has 7 nitrogen and oxygen atoms in total. The Kier molecular flexibility index (Phi) is 18.3. The summed E-state index contributed by atoms with van der Waals surface area (Å²) in [7, 11) is -4.44. The van der Waals surface area contributed by atoms with E-state index in [0.717, 1.165) is 25.5 Å². The van der Waals surface area contributed by atoms with Gasteiger partial charge >= 0.3 is 17.4 Å². The highest BCUT2D eigenvalue weighted by Crippen LogP contribution is 2.19. The molecule has 2 fully saturated rings. The van der Waals surface area contributed by atoms with E-state index in [0.29, 0.717) is 31.9 Å². The molecule has 2 rings (SSSR count). The maximum atomic E-state index is 5.83. The maximum Gasteiger partial charge on any atom is 0.515 e. The van der Waals surface area contributed by atoms with Gasteiger partial charge in [-0.1, -0.05) is 38.5 Å². The minimum atomic E-state index is -2.49. The summed E-state index contributed by atoms with van der Waals surface area (Å²) in [6.45, 7) is 15.7. The Morgan fingerprint density at radius 2 is 0.882 bits per heavy atom. The highest BCUT2D eigenvalue weighted by molar-refractivity contribution is 6.66. The Morgan fingerprint density at radius 3 is 1.24 bits per heavy atom. The predicted molar refractivity (Wildman–Crippen MR) is 145 cm³/mol. The van der Waals surface area contributed by atoms with E-state index in [1.165, 1.54) is 64.2 Å². The van der Waals surface area contributed by atoms with Gasteiger partial charge in [0.05, 0.1) is 6.17 Å². The third-order valence-corrected chi connectivity index (χ3v) is 12.0. The molecule has 2 N–H and O–H groups in total. The Morgan fingerprint density at radius 1 is 0.529 bits per heavy atom. The van der Waals surface area contributed by atoms with E-state index in [-0.39, 0.29) is 0 Å². The topological polar surface area (TPSA) is 70.2 Å². The summed E-state index contributed by atoms with van der Waals surface area (Å²) in [6.07, 6.45) is 15.1. The van der Waals surface area contributed by atoms with Crippen LogP contribution in [0.25, 0.3) is 0 Å². The number of rotatable bonds is 16. The Hall–Kier alpha value is 0.154. The number of nitrogens with one attached hydrogen (secondary N) is 2. The lowest BCUT2D eigenvalue weighted by atomic mass is 9.96. The van der Waals surface area contributed by atoms with E-state index < -0.39 is 17.4 Å². The molecule has 9 heteroatoms. The fourth-order valence-corrected chi connectivity index (χ4v) is 9.49. The zero-order valence-electron chi connectivity index (χ0n) is 23.2. The van der Waals surface area contributed by atoms with Gasteiger partial charge in [-0.25, -0.2) is 0 Å². The van der Waals surface area contributed by atoms with Gasteiger partial charge in [0.1, 0.15) is 0 Å². The van der Waals surface area contributed by atoms with Crippen molar-refractivity contribution in [1.82, 2.24) is 10.6 Å². The van der Waals surface area contributed by atoms with E-state index >= 15 is 0 Å². The standard InChI is InChI=1S/C13H29NO3Si.C12H27NO2Si/c1-4-15-18(16-5-2,17-6-3)12-14-13-10-8-7-9-11-13;1-4-14-16(3,15-5-2)11-13-12-9-7-6-8-10-12/h13-14H,4-12H2,1-3H3;12-13H,4-11H2,1-3H3. The van der Waals surface area contributed by atoms with Gasteiger partial charge in [0.2, 0.25) is 0 Å². The van der Waals surface area contributed by atoms with Crippen LogP contribution in [-0.2, 0) is 22.1 Å². The van der Waals surface area contributed by atoms with E-state index in [9.17, 15) is 0 Å². The van der Waals surface area contributed by atoms with E-state index in [1.807, 2.05) is 34.6 Å². The van der Waals surface area contributed by atoms with Crippen LogP contribution in [0.2, 0.25) is 6.55 Å². The molecule has 2 aliphatic rings. The van der Waals surface area contributed by atoms with Crippen molar-refractivity contribution in [3.8, 4) is 0 Å². The van der Waals surface area contributed by atoms with Crippen LogP contribution in [0.15, 0.2) is 0 Å². The van der Waals surface area contributed by atoms with Crippen LogP contribution < -0.4 is 10.6 Å². The zero-order valence-corrected chi connectivity index (χ0v) is 25.2. The zero-order chi connectivity index (χ0) is 25.1. The first kappa shape index (κ1) is 32.2. The number of hydrogen-bond donors (Lipinski definition) is 2. The fourth-order valence-electron chi connectivity index (χ4n) is 4.90. The summed E-state index contributed by atoms with van der Waals surface area (Å²) in [5.41, 5.74) is 0. The van der Waals surface area contributed by atoms with Crippen LogP contribution in [-0.4, -0.2) is 74.8 Å². The van der Waals surface area contributed by atoms with Crippen molar-refractivity contribution < 1.29 is 22.1 Å². The molecule has 34 heavy (non-hydrogen) atoms. The van der Waals surface area contributed by atoms with Crippen LogP contribution >= 0.6 is 0 Å². The molecule has 0 spiro atoms. The molecule has 0 radical (unpaired) electrons. The van der Waals surface area contributed by atoms with Gasteiger partial charge in [-0.15, -0.1) is 0 Å². The molecule has 0 bridgehead atoms. The van der Waals surface area contributed by atoms with E-state index in [4.69, 9.17) is 22.1 Å². The first-order valence-corrected chi connectivity index (χ1v) is 18.6. The van der Waals surface area contributed by atoms with Crippen LogP contribution in [0.3, 0.4) is 0 Å². The smallest absolute Gasteiger partial charge is 0.394 e. The summed E-state index contributed by atoms with van der Waals surface area (Å²) in [5, 5.41) is 7.25. The molecule has 0 aromatic heterocycles. The van der Waals surface area contributed by atoms with Crippen LogP contribution in [0.4, 0.5) is 0 Å². The van der Waals surface area contributed by atoms with Crippen molar-refractivity contribution in [2.45, 2.75) is 117 Å². The lowest BCUT2D eigenvalue weighted by molar-refractivity contribution is 0.0687. The van der Waals surface area contributed by atoms with Crippen molar-refractivity contribution in [2.24, 2.45) is 0 Å². The summed E-state index contributed by atoms with van der Waals surface area (Å²) in [6, 6.07) is 1.31. The second-order valence-corrected chi connectivity index (χ2v) is 15.2. The van der Waals surface area contributed by atoms with Gasteiger partial charge in [0.15, 0.2) is 0 Å². The number of hydrogen-bond acceptors (Lipinski definition) is 7. The Bertz CT molecular complexity index is 455. The molecule has 0 aromatic rings. The summed E-state index contributed by atoms with van der Waals surface area (Å²) in [4.78, 5) is 0. The molecule has 0 amide bonds. The average molecular weight is 521 g/mol. The SMILES string of the molecule is CCO[Si](C)(CNC1CCCCC1)OCC.CCO[Si](CNC1CCCCC1)(OCC)OCC. The summed E-state index contributed by atoms with van der Waals surface area (Å²) >= 11 is 0. The minimum absolute atomic E-state index is 0.618. The van der Waals surface area contributed by atoms with E-state index in [1.54, 1.807) is 0 Å². The van der Waals surface area contributed by atoms with E-state index in [2.05, 4.69) is 17.2 Å². The molecule has 0 heterocycles. The van der Waals surface area contributed by atoms with Crippen molar-refractivity contribution in [1.29, 1.82) is 0 Å². The van der Waals surface area contributed by atoms with Crippen LogP contribution in [0, 0.1) is 0 Å². The first-order chi connectivity index (χ1) is 16.5. The molecular weight excluding hydrogens is 464 g/mol. The van der Waals surface area contributed by atoms with Crippen LogP contribution in [0.5, 0.6) is 0 Å². The molecule has 2 saturated carbocycles. The van der Waals surface area contributed by atoms with Gasteiger partial charge < -0.3 is 32.8 Å². The summed E-state index contributed by atoms with van der Waals surface area (Å²) in [5.74, 6) is 0. The molecule has 0 aliphatic heterocycles. The van der Waals surface area contributed by atoms with Gasteiger partial charge in [0, 0.05) is 51.3 Å². The summed E-state index contributed by atoms with van der Waals surface area (Å²) < 4.78 is 29.1. The van der Waals surface area contributed by atoms with Crippen molar-refractivity contribution in [2.75, 3.05) is 45.4 Å². The minimum Gasteiger partial charge on any atom is -0.394 e. The van der Waals surface area contributed by atoms with Crippen molar-refractivity contribution >= 4 is 17.4 Å². The third-order valence-electron chi connectivity index (χ3n) is 6.52. The molecule has 0 aromatic carbocycles. The van der Waals surface area contributed by atoms with Gasteiger partial charge in [-0.2, -0.15) is 0 Å². The highest BCUT2D eigenvalue weighted by Gasteiger charge is 2.40. The lowest BCUT2D eigenvalue weighted by Crippen LogP contribution is -2.56. The molecular formula is C25H56N2O5Si2. The molecule has 0 unspecified atom stereocenters. The second kappa shape index (κ2) is 19.3. The molecule has 2 aliphatic carbocycles. The molecule has 0 saturated heterocycles. The Balaban J connectivity index is 0.000000342. The molecule has 0 atom stereocenters.